The summed E-state index contributed by atoms with van der Waals surface area (Å²) in [6.07, 6.45) is 2.47. The highest BCUT2D eigenvalue weighted by molar-refractivity contribution is 6.03. The van der Waals surface area contributed by atoms with Gasteiger partial charge >= 0.3 is 0 Å². The van der Waals surface area contributed by atoms with Crippen molar-refractivity contribution in [3.05, 3.63) is 42.2 Å². The number of nitrogens with zero attached hydrogens (tertiary/aromatic N) is 1. The summed E-state index contributed by atoms with van der Waals surface area (Å²) in [5, 5.41) is 9.50. The minimum absolute atomic E-state index is 0.203. The van der Waals surface area contributed by atoms with Crippen LogP contribution in [0.25, 0.3) is 0 Å². The van der Waals surface area contributed by atoms with E-state index in [9.17, 15) is 4.79 Å². The Labute approximate surface area is 105 Å². The molecule has 94 valence electrons. The van der Waals surface area contributed by atoms with E-state index in [1.54, 1.807) is 18.2 Å². The number of hydrogen-bond donors (Lipinski definition) is 2. The second-order valence-electron chi connectivity index (χ2n) is 3.84. The zero-order chi connectivity index (χ0) is 12.8. The van der Waals surface area contributed by atoms with E-state index in [2.05, 4.69) is 27.2 Å². The first-order valence-corrected chi connectivity index (χ1v) is 5.85. The van der Waals surface area contributed by atoms with Gasteiger partial charge in [0.15, 0.2) is 5.82 Å². The standard InChI is InChI=1S/C13H15N3O2/c1-2-8-14-11-5-3-10(4-6-11)13(17)15-12-7-9-18-16-12/h3-7,9,14H,2,8H2,1H3,(H,15,16,17). The Morgan fingerprint density at radius 1 is 1.28 bits per heavy atom. The number of anilines is 2. The number of amides is 1. The van der Waals surface area contributed by atoms with Gasteiger partial charge in [-0.05, 0) is 30.7 Å². The molecule has 0 aliphatic heterocycles. The number of rotatable bonds is 5. The van der Waals surface area contributed by atoms with Crippen molar-refractivity contribution >= 4 is 17.4 Å². The van der Waals surface area contributed by atoms with Crippen molar-refractivity contribution in [2.24, 2.45) is 0 Å². The Hall–Kier alpha value is -2.30. The first-order chi connectivity index (χ1) is 8.79. The van der Waals surface area contributed by atoms with Crippen LogP contribution in [-0.2, 0) is 0 Å². The normalized spacial score (nSPS) is 10.1. The molecule has 1 aromatic carbocycles. The number of benzene rings is 1. The van der Waals surface area contributed by atoms with Gasteiger partial charge in [0.1, 0.15) is 6.26 Å². The molecule has 0 aliphatic carbocycles. The topological polar surface area (TPSA) is 67.2 Å². The van der Waals surface area contributed by atoms with E-state index >= 15 is 0 Å². The highest BCUT2D eigenvalue weighted by atomic mass is 16.5. The fourth-order valence-corrected chi connectivity index (χ4v) is 1.47. The summed E-state index contributed by atoms with van der Waals surface area (Å²) >= 11 is 0. The Morgan fingerprint density at radius 2 is 2.06 bits per heavy atom. The molecule has 0 saturated carbocycles. The fraction of sp³-hybridized carbons (Fsp3) is 0.231. The molecule has 18 heavy (non-hydrogen) atoms. The van der Waals surface area contributed by atoms with Crippen LogP contribution in [0.5, 0.6) is 0 Å². The molecule has 5 nitrogen and oxygen atoms in total. The van der Waals surface area contributed by atoms with Crippen LogP contribution in [0, 0.1) is 0 Å². The van der Waals surface area contributed by atoms with E-state index in [0.717, 1.165) is 18.7 Å². The minimum atomic E-state index is -0.203. The molecule has 0 radical (unpaired) electrons. The quantitative estimate of drug-likeness (QED) is 0.850. The summed E-state index contributed by atoms with van der Waals surface area (Å²) in [4.78, 5) is 11.8. The molecule has 0 aliphatic rings. The smallest absolute Gasteiger partial charge is 0.256 e. The maximum Gasteiger partial charge on any atom is 0.256 e. The highest BCUT2D eigenvalue weighted by Gasteiger charge is 2.07. The van der Waals surface area contributed by atoms with Crippen LogP contribution >= 0.6 is 0 Å². The predicted octanol–water partition coefficient (Wildman–Crippen LogP) is 2.75. The largest absolute Gasteiger partial charge is 0.385 e. The van der Waals surface area contributed by atoms with E-state index in [1.165, 1.54) is 6.26 Å². The van der Waals surface area contributed by atoms with E-state index in [1.807, 2.05) is 12.1 Å². The van der Waals surface area contributed by atoms with Gasteiger partial charge in [0, 0.05) is 23.9 Å². The van der Waals surface area contributed by atoms with Crippen molar-refractivity contribution in [3.8, 4) is 0 Å². The molecule has 0 saturated heterocycles. The van der Waals surface area contributed by atoms with Gasteiger partial charge in [0.25, 0.3) is 5.91 Å². The lowest BCUT2D eigenvalue weighted by Gasteiger charge is -2.05. The number of carbonyl (C=O) groups is 1. The van der Waals surface area contributed by atoms with Gasteiger partial charge < -0.3 is 15.2 Å². The van der Waals surface area contributed by atoms with E-state index < -0.39 is 0 Å². The molecular formula is C13H15N3O2. The average Bonchev–Trinajstić information content (AvgIpc) is 2.89. The van der Waals surface area contributed by atoms with Gasteiger partial charge in [0.2, 0.25) is 0 Å². The second kappa shape index (κ2) is 5.86. The van der Waals surface area contributed by atoms with Crippen LogP contribution in [-0.4, -0.2) is 17.6 Å². The second-order valence-corrected chi connectivity index (χ2v) is 3.84. The van der Waals surface area contributed by atoms with Crippen molar-refractivity contribution in [3.63, 3.8) is 0 Å². The molecule has 2 N–H and O–H groups in total. The zero-order valence-electron chi connectivity index (χ0n) is 10.1. The summed E-state index contributed by atoms with van der Waals surface area (Å²) in [5.74, 6) is 0.208. The maximum atomic E-state index is 11.8. The minimum Gasteiger partial charge on any atom is -0.385 e. The molecule has 1 amide bonds. The molecule has 0 fully saturated rings. The van der Waals surface area contributed by atoms with Crippen LogP contribution < -0.4 is 10.6 Å². The molecule has 2 rings (SSSR count). The number of carbonyl (C=O) groups excluding carboxylic acids is 1. The number of nitrogens with one attached hydrogen (secondary N) is 2. The van der Waals surface area contributed by atoms with E-state index in [-0.39, 0.29) is 5.91 Å². The first kappa shape index (κ1) is 12.2. The lowest BCUT2D eigenvalue weighted by molar-refractivity contribution is 0.102. The third kappa shape index (κ3) is 3.10. The van der Waals surface area contributed by atoms with Crippen molar-refractivity contribution in [1.82, 2.24) is 5.16 Å². The van der Waals surface area contributed by atoms with Gasteiger partial charge in [-0.25, -0.2) is 0 Å². The van der Waals surface area contributed by atoms with Crippen molar-refractivity contribution in [2.45, 2.75) is 13.3 Å². The zero-order valence-corrected chi connectivity index (χ0v) is 10.1. The van der Waals surface area contributed by atoms with E-state index in [4.69, 9.17) is 0 Å². The fourth-order valence-electron chi connectivity index (χ4n) is 1.47. The molecule has 5 heteroatoms. The molecule has 1 aromatic heterocycles. The molecule has 0 spiro atoms. The SMILES string of the molecule is CCCNc1ccc(C(=O)Nc2ccon2)cc1. The Kier molecular flexibility index (Phi) is 3.96. The summed E-state index contributed by atoms with van der Waals surface area (Å²) < 4.78 is 4.64. The lowest BCUT2D eigenvalue weighted by Crippen LogP contribution is -2.12. The molecule has 0 unspecified atom stereocenters. The Morgan fingerprint density at radius 3 is 2.67 bits per heavy atom. The molecule has 0 atom stereocenters. The van der Waals surface area contributed by atoms with Gasteiger partial charge in [-0.1, -0.05) is 12.1 Å². The summed E-state index contributed by atoms with van der Waals surface area (Å²) in [6, 6.07) is 8.90. The third-order valence-corrected chi connectivity index (χ3v) is 2.41. The molecule has 2 aromatic rings. The van der Waals surface area contributed by atoms with Crippen LogP contribution in [0.15, 0.2) is 41.1 Å². The van der Waals surface area contributed by atoms with Gasteiger partial charge in [-0.2, -0.15) is 0 Å². The van der Waals surface area contributed by atoms with Crippen molar-refractivity contribution in [2.75, 3.05) is 17.2 Å². The van der Waals surface area contributed by atoms with Crippen molar-refractivity contribution < 1.29 is 9.32 Å². The highest BCUT2D eigenvalue weighted by Crippen LogP contribution is 2.11. The van der Waals surface area contributed by atoms with Gasteiger partial charge in [-0.15, -0.1) is 0 Å². The Bertz CT molecular complexity index is 491. The van der Waals surface area contributed by atoms with E-state index in [0.29, 0.717) is 11.4 Å². The summed E-state index contributed by atoms with van der Waals surface area (Å²) in [6.45, 7) is 3.03. The van der Waals surface area contributed by atoms with Gasteiger partial charge in [0.05, 0.1) is 0 Å². The third-order valence-electron chi connectivity index (χ3n) is 2.41. The van der Waals surface area contributed by atoms with Crippen LogP contribution in [0.2, 0.25) is 0 Å². The maximum absolute atomic E-state index is 11.8. The number of aromatic nitrogens is 1. The molecular weight excluding hydrogens is 230 g/mol. The number of hydrogen-bond acceptors (Lipinski definition) is 4. The predicted molar refractivity (Wildman–Crippen MR) is 69.7 cm³/mol. The average molecular weight is 245 g/mol. The van der Waals surface area contributed by atoms with Crippen LogP contribution in [0.4, 0.5) is 11.5 Å². The first-order valence-electron chi connectivity index (χ1n) is 5.85. The monoisotopic (exact) mass is 245 g/mol. The van der Waals surface area contributed by atoms with Crippen LogP contribution in [0.3, 0.4) is 0 Å². The van der Waals surface area contributed by atoms with Crippen molar-refractivity contribution in [1.29, 1.82) is 0 Å². The summed E-state index contributed by atoms with van der Waals surface area (Å²) in [5.41, 5.74) is 1.59. The molecule has 0 bridgehead atoms. The summed E-state index contributed by atoms with van der Waals surface area (Å²) in [7, 11) is 0. The van der Waals surface area contributed by atoms with Crippen LogP contribution in [0.1, 0.15) is 23.7 Å². The molecule has 1 heterocycles. The lowest BCUT2D eigenvalue weighted by atomic mass is 10.2. The van der Waals surface area contributed by atoms with Gasteiger partial charge in [-0.3, -0.25) is 4.79 Å². The Balaban J connectivity index is 1.98.